The summed E-state index contributed by atoms with van der Waals surface area (Å²) >= 11 is 0. The SMILES string of the molecule is COc1ccc(OC)c2c1Cc1c[nH]cc1C2. The van der Waals surface area contributed by atoms with Gasteiger partial charge in [0.25, 0.3) is 0 Å². The maximum atomic E-state index is 5.44. The molecule has 1 aromatic carbocycles. The smallest absolute Gasteiger partial charge is 0.122 e. The van der Waals surface area contributed by atoms with E-state index in [0.29, 0.717) is 0 Å². The highest BCUT2D eigenvalue weighted by atomic mass is 16.5. The van der Waals surface area contributed by atoms with Crippen molar-refractivity contribution in [2.45, 2.75) is 12.8 Å². The Kier molecular flexibility index (Phi) is 2.32. The van der Waals surface area contributed by atoms with Crippen molar-refractivity contribution in [1.29, 1.82) is 0 Å². The fraction of sp³-hybridized carbons (Fsp3) is 0.286. The average molecular weight is 229 g/mol. The van der Waals surface area contributed by atoms with Gasteiger partial charge in [0.2, 0.25) is 0 Å². The highest BCUT2D eigenvalue weighted by Gasteiger charge is 2.22. The van der Waals surface area contributed by atoms with Crippen molar-refractivity contribution in [3.8, 4) is 11.5 Å². The third kappa shape index (κ3) is 1.50. The van der Waals surface area contributed by atoms with E-state index in [1.807, 2.05) is 12.1 Å². The number of aromatic amines is 1. The van der Waals surface area contributed by atoms with Crippen molar-refractivity contribution < 1.29 is 9.47 Å². The van der Waals surface area contributed by atoms with E-state index < -0.39 is 0 Å². The Balaban J connectivity index is 2.16. The second kappa shape index (κ2) is 3.84. The largest absolute Gasteiger partial charge is 0.496 e. The number of H-pyrrole nitrogens is 1. The van der Waals surface area contributed by atoms with E-state index in [2.05, 4.69) is 17.4 Å². The van der Waals surface area contributed by atoms with Crippen LogP contribution in [0, 0.1) is 0 Å². The number of rotatable bonds is 2. The Labute approximate surface area is 100 Å². The van der Waals surface area contributed by atoms with E-state index in [9.17, 15) is 0 Å². The molecule has 0 aliphatic heterocycles. The van der Waals surface area contributed by atoms with Gasteiger partial charge in [-0.2, -0.15) is 0 Å². The van der Waals surface area contributed by atoms with E-state index in [1.54, 1.807) is 14.2 Å². The van der Waals surface area contributed by atoms with Crippen LogP contribution >= 0.6 is 0 Å². The molecule has 0 bridgehead atoms. The second-order valence-electron chi connectivity index (χ2n) is 4.29. The molecule has 1 aromatic heterocycles. The molecule has 1 heterocycles. The second-order valence-corrected chi connectivity index (χ2v) is 4.29. The van der Waals surface area contributed by atoms with E-state index in [4.69, 9.17) is 9.47 Å². The van der Waals surface area contributed by atoms with Crippen LogP contribution in [0.25, 0.3) is 0 Å². The number of ether oxygens (including phenoxy) is 2. The molecule has 88 valence electrons. The Bertz CT molecular complexity index is 510. The maximum absolute atomic E-state index is 5.44. The first kappa shape index (κ1) is 10.3. The van der Waals surface area contributed by atoms with Crippen molar-refractivity contribution in [3.05, 3.63) is 46.8 Å². The molecule has 3 heteroatoms. The summed E-state index contributed by atoms with van der Waals surface area (Å²) in [6.07, 6.45) is 5.96. The zero-order chi connectivity index (χ0) is 11.8. The quantitative estimate of drug-likeness (QED) is 0.732. The predicted octanol–water partition coefficient (Wildman–Crippen LogP) is 2.53. The van der Waals surface area contributed by atoms with Crippen LogP contribution < -0.4 is 9.47 Å². The molecule has 0 amide bonds. The lowest BCUT2D eigenvalue weighted by Gasteiger charge is -2.21. The summed E-state index contributed by atoms with van der Waals surface area (Å²) < 4.78 is 10.9. The summed E-state index contributed by atoms with van der Waals surface area (Å²) in [5.74, 6) is 1.90. The average Bonchev–Trinajstić information content (AvgIpc) is 2.82. The minimum atomic E-state index is 0.911. The molecule has 3 nitrogen and oxygen atoms in total. The fourth-order valence-electron chi connectivity index (χ4n) is 2.56. The molecule has 1 N–H and O–H groups in total. The number of methoxy groups -OCH3 is 2. The zero-order valence-electron chi connectivity index (χ0n) is 10.0. The van der Waals surface area contributed by atoms with Crippen LogP contribution in [0.4, 0.5) is 0 Å². The van der Waals surface area contributed by atoms with Crippen molar-refractivity contribution in [2.24, 2.45) is 0 Å². The van der Waals surface area contributed by atoms with E-state index in [-0.39, 0.29) is 0 Å². The molecule has 1 aliphatic rings. The molecule has 0 fully saturated rings. The van der Waals surface area contributed by atoms with Gasteiger partial charge in [-0.15, -0.1) is 0 Å². The van der Waals surface area contributed by atoms with Crippen molar-refractivity contribution in [3.63, 3.8) is 0 Å². The summed E-state index contributed by atoms with van der Waals surface area (Å²) in [6.45, 7) is 0. The zero-order valence-corrected chi connectivity index (χ0v) is 10.0. The molecule has 0 radical (unpaired) electrons. The molecule has 0 spiro atoms. The van der Waals surface area contributed by atoms with Crippen LogP contribution in [0.5, 0.6) is 11.5 Å². The minimum absolute atomic E-state index is 0.911. The van der Waals surface area contributed by atoms with Gasteiger partial charge in [0.05, 0.1) is 14.2 Å². The summed E-state index contributed by atoms with van der Waals surface area (Å²) in [4.78, 5) is 3.17. The van der Waals surface area contributed by atoms with Gasteiger partial charge in [-0.1, -0.05) is 0 Å². The van der Waals surface area contributed by atoms with Gasteiger partial charge in [-0.25, -0.2) is 0 Å². The van der Waals surface area contributed by atoms with Gasteiger partial charge in [0.1, 0.15) is 11.5 Å². The van der Waals surface area contributed by atoms with Gasteiger partial charge in [0, 0.05) is 36.4 Å². The molecule has 0 atom stereocenters. The summed E-state index contributed by atoms with van der Waals surface area (Å²) in [5, 5.41) is 0. The molecule has 1 aliphatic carbocycles. The number of hydrogen-bond acceptors (Lipinski definition) is 2. The molecule has 0 saturated heterocycles. The van der Waals surface area contributed by atoms with Crippen molar-refractivity contribution in [1.82, 2.24) is 4.98 Å². The van der Waals surface area contributed by atoms with E-state index in [1.165, 1.54) is 22.3 Å². The third-order valence-corrected chi connectivity index (χ3v) is 3.45. The van der Waals surface area contributed by atoms with E-state index >= 15 is 0 Å². The van der Waals surface area contributed by atoms with Gasteiger partial charge in [-0.05, 0) is 23.3 Å². The van der Waals surface area contributed by atoms with Gasteiger partial charge >= 0.3 is 0 Å². The molecule has 2 aromatic rings. The summed E-state index contributed by atoms with van der Waals surface area (Å²) in [6, 6.07) is 3.96. The van der Waals surface area contributed by atoms with Crippen LogP contribution in [0.1, 0.15) is 22.3 Å². The summed E-state index contributed by atoms with van der Waals surface area (Å²) in [7, 11) is 3.43. The van der Waals surface area contributed by atoms with Gasteiger partial charge in [0.15, 0.2) is 0 Å². The van der Waals surface area contributed by atoms with Crippen LogP contribution in [0.3, 0.4) is 0 Å². The lowest BCUT2D eigenvalue weighted by molar-refractivity contribution is 0.395. The maximum Gasteiger partial charge on any atom is 0.122 e. The Morgan fingerprint density at radius 1 is 0.882 bits per heavy atom. The van der Waals surface area contributed by atoms with Crippen LogP contribution in [0.15, 0.2) is 24.5 Å². The Morgan fingerprint density at radius 2 is 1.35 bits per heavy atom. The standard InChI is InChI=1S/C14H15NO2/c1-16-13-3-4-14(17-2)12-6-10-8-15-7-9(10)5-11(12)13/h3-4,7-8,15H,5-6H2,1-2H3. The van der Waals surface area contributed by atoms with Crippen LogP contribution in [-0.4, -0.2) is 19.2 Å². The monoisotopic (exact) mass is 229 g/mol. The summed E-state index contributed by atoms with van der Waals surface area (Å²) in [5.41, 5.74) is 5.20. The number of hydrogen-bond donors (Lipinski definition) is 1. The lowest BCUT2D eigenvalue weighted by atomic mass is 9.87. The molecule has 0 unspecified atom stereocenters. The normalized spacial score (nSPS) is 12.8. The number of aromatic nitrogens is 1. The molecule has 3 rings (SSSR count). The Morgan fingerprint density at radius 3 is 1.76 bits per heavy atom. The molecular weight excluding hydrogens is 214 g/mol. The van der Waals surface area contributed by atoms with Gasteiger partial charge in [-0.3, -0.25) is 0 Å². The number of fused-ring (bicyclic) bond motifs is 2. The first-order valence-electron chi connectivity index (χ1n) is 5.70. The Hall–Kier alpha value is -1.90. The number of nitrogens with one attached hydrogen (secondary N) is 1. The van der Waals surface area contributed by atoms with E-state index in [0.717, 1.165) is 24.3 Å². The molecular formula is C14H15NO2. The molecule has 0 saturated carbocycles. The van der Waals surface area contributed by atoms with Crippen LogP contribution in [0.2, 0.25) is 0 Å². The topological polar surface area (TPSA) is 34.2 Å². The molecule has 17 heavy (non-hydrogen) atoms. The first-order valence-corrected chi connectivity index (χ1v) is 5.70. The lowest BCUT2D eigenvalue weighted by Crippen LogP contribution is -2.08. The fourth-order valence-corrected chi connectivity index (χ4v) is 2.56. The highest BCUT2D eigenvalue weighted by Crippen LogP contribution is 2.38. The van der Waals surface area contributed by atoms with Crippen molar-refractivity contribution >= 4 is 0 Å². The third-order valence-electron chi connectivity index (χ3n) is 3.45. The number of benzene rings is 1. The predicted molar refractivity (Wildman–Crippen MR) is 66.0 cm³/mol. The van der Waals surface area contributed by atoms with Crippen molar-refractivity contribution in [2.75, 3.05) is 14.2 Å². The highest BCUT2D eigenvalue weighted by molar-refractivity contribution is 5.56. The minimum Gasteiger partial charge on any atom is -0.496 e. The van der Waals surface area contributed by atoms with Crippen LogP contribution in [-0.2, 0) is 12.8 Å². The van der Waals surface area contributed by atoms with Gasteiger partial charge < -0.3 is 14.5 Å². The first-order chi connectivity index (χ1) is 8.33.